The lowest BCUT2D eigenvalue weighted by Gasteiger charge is -2.21. The third kappa shape index (κ3) is 5.26. The van der Waals surface area contributed by atoms with E-state index in [2.05, 4.69) is 16.8 Å². The topological polar surface area (TPSA) is 41.7 Å². The smallest absolute Gasteiger partial charge is 0.129 e. The van der Waals surface area contributed by atoms with Crippen LogP contribution in [0.25, 0.3) is 0 Å². The SMILES string of the molecule is CN(CCOc1ccccc1C(N)=S)CCN1CCCC1. The van der Waals surface area contributed by atoms with Crippen molar-refractivity contribution in [2.45, 2.75) is 12.8 Å². The summed E-state index contributed by atoms with van der Waals surface area (Å²) in [6, 6.07) is 7.67. The van der Waals surface area contributed by atoms with Gasteiger partial charge in [0.2, 0.25) is 0 Å². The molecular weight excluding hydrogens is 282 g/mol. The van der Waals surface area contributed by atoms with Crippen LogP contribution in [0.2, 0.25) is 0 Å². The fourth-order valence-electron chi connectivity index (χ4n) is 2.54. The van der Waals surface area contributed by atoms with E-state index < -0.39 is 0 Å². The number of ether oxygens (including phenoxy) is 1. The fraction of sp³-hybridized carbons (Fsp3) is 0.562. The molecule has 1 aromatic carbocycles. The van der Waals surface area contributed by atoms with Crippen LogP contribution in [0, 0.1) is 0 Å². The van der Waals surface area contributed by atoms with Crippen LogP contribution in [0.3, 0.4) is 0 Å². The summed E-state index contributed by atoms with van der Waals surface area (Å²) in [6.45, 7) is 6.30. The summed E-state index contributed by atoms with van der Waals surface area (Å²) < 4.78 is 5.82. The van der Waals surface area contributed by atoms with E-state index in [1.54, 1.807) is 0 Å². The van der Waals surface area contributed by atoms with Crippen LogP contribution in [0.5, 0.6) is 5.75 Å². The number of benzene rings is 1. The zero-order chi connectivity index (χ0) is 15.1. The van der Waals surface area contributed by atoms with Gasteiger partial charge < -0.3 is 20.3 Å². The molecule has 5 heteroatoms. The molecule has 0 unspecified atom stereocenters. The minimum absolute atomic E-state index is 0.382. The lowest BCUT2D eigenvalue weighted by atomic mass is 10.2. The Bertz CT molecular complexity index is 461. The van der Waals surface area contributed by atoms with Crippen molar-refractivity contribution >= 4 is 17.2 Å². The number of hydrogen-bond acceptors (Lipinski definition) is 4. The maximum absolute atomic E-state index is 5.82. The molecule has 1 aliphatic rings. The van der Waals surface area contributed by atoms with Gasteiger partial charge in [-0.2, -0.15) is 0 Å². The zero-order valence-corrected chi connectivity index (χ0v) is 13.6. The molecule has 0 bridgehead atoms. The van der Waals surface area contributed by atoms with Gasteiger partial charge in [-0.25, -0.2) is 0 Å². The van der Waals surface area contributed by atoms with Gasteiger partial charge in [-0.15, -0.1) is 0 Å². The van der Waals surface area contributed by atoms with Crippen molar-refractivity contribution in [2.24, 2.45) is 5.73 Å². The standard InChI is InChI=1S/C16H25N3OS/c1-18(10-11-19-8-4-5-9-19)12-13-20-15-7-3-2-6-14(15)16(17)21/h2-3,6-7H,4-5,8-13H2,1H3,(H2,17,21). The van der Waals surface area contributed by atoms with Gasteiger partial charge in [0, 0.05) is 19.6 Å². The Labute approximate surface area is 132 Å². The van der Waals surface area contributed by atoms with Crippen LogP contribution < -0.4 is 10.5 Å². The van der Waals surface area contributed by atoms with Gasteiger partial charge in [-0.05, 0) is 45.1 Å². The lowest BCUT2D eigenvalue weighted by Crippen LogP contribution is -2.33. The molecule has 2 rings (SSSR count). The van der Waals surface area contributed by atoms with E-state index >= 15 is 0 Å². The summed E-state index contributed by atoms with van der Waals surface area (Å²) in [7, 11) is 2.14. The first-order valence-corrected chi connectivity index (χ1v) is 8.00. The highest BCUT2D eigenvalue weighted by molar-refractivity contribution is 7.80. The maximum Gasteiger partial charge on any atom is 0.129 e. The quantitative estimate of drug-likeness (QED) is 0.741. The Morgan fingerprint density at radius 3 is 2.71 bits per heavy atom. The zero-order valence-electron chi connectivity index (χ0n) is 12.8. The molecule has 0 radical (unpaired) electrons. The summed E-state index contributed by atoms with van der Waals surface area (Å²) >= 11 is 5.04. The van der Waals surface area contributed by atoms with Crippen LogP contribution >= 0.6 is 12.2 Å². The van der Waals surface area contributed by atoms with Crippen molar-refractivity contribution in [3.8, 4) is 5.75 Å². The van der Waals surface area contributed by atoms with Gasteiger partial charge in [0.15, 0.2) is 0 Å². The van der Waals surface area contributed by atoms with Gasteiger partial charge in [0.1, 0.15) is 17.3 Å². The Morgan fingerprint density at radius 2 is 2.00 bits per heavy atom. The third-order valence-electron chi connectivity index (χ3n) is 3.88. The Kier molecular flexibility index (Phi) is 6.42. The molecule has 1 saturated heterocycles. The summed E-state index contributed by atoms with van der Waals surface area (Å²) in [4.78, 5) is 5.22. The molecule has 21 heavy (non-hydrogen) atoms. The predicted octanol–water partition coefficient (Wildman–Crippen LogP) is 1.73. The van der Waals surface area contributed by atoms with E-state index in [4.69, 9.17) is 22.7 Å². The molecule has 1 aromatic rings. The van der Waals surface area contributed by atoms with Gasteiger partial charge in [0.05, 0.1) is 5.56 Å². The molecular formula is C16H25N3OS. The van der Waals surface area contributed by atoms with Crippen molar-refractivity contribution in [1.29, 1.82) is 0 Å². The van der Waals surface area contributed by atoms with Crippen LogP contribution in [-0.2, 0) is 0 Å². The average Bonchev–Trinajstić information content (AvgIpc) is 2.99. The summed E-state index contributed by atoms with van der Waals surface area (Å²) in [5, 5.41) is 0. The molecule has 1 aliphatic heterocycles. The predicted molar refractivity (Wildman–Crippen MR) is 91.0 cm³/mol. The van der Waals surface area contributed by atoms with E-state index in [0.717, 1.165) is 30.9 Å². The molecule has 0 atom stereocenters. The van der Waals surface area contributed by atoms with Gasteiger partial charge >= 0.3 is 0 Å². The second-order valence-electron chi connectivity index (χ2n) is 5.56. The number of rotatable bonds is 8. The third-order valence-corrected chi connectivity index (χ3v) is 4.10. The molecule has 0 saturated carbocycles. The summed E-state index contributed by atoms with van der Waals surface area (Å²) in [6.07, 6.45) is 2.70. The number of likely N-dealkylation sites (N-methyl/N-ethyl adjacent to an activating group) is 1. The fourth-order valence-corrected chi connectivity index (χ4v) is 2.71. The second-order valence-corrected chi connectivity index (χ2v) is 6.00. The maximum atomic E-state index is 5.82. The molecule has 0 amide bonds. The van der Waals surface area contributed by atoms with Crippen molar-refractivity contribution in [2.75, 3.05) is 46.4 Å². The molecule has 1 heterocycles. The van der Waals surface area contributed by atoms with E-state index in [9.17, 15) is 0 Å². The number of likely N-dealkylation sites (tertiary alicyclic amines) is 1. The number of nitrogens with two attached hydrogens (primary N) is 1. The lowest BCUT2D eigenvalue weighted by molar-refractivity contribution is 0.213. The molecule has 2 N–H and O–H groups in total. The number of para-hydroxylation sites is 1. The summed E-state index contributed by atoms with van der Waals surface area (Å²) in [5.41, 5.74) is 6.51. The Balaban J connectivity index is 1.69. The van der Waals surface area contributed by atoms with Crippen molar-refractivity contribution in [3.05, 3.63) is 29.8 Å². The van der Waals surface area contributed by atoms with Gasteiger partial charge in [0.25, 0.3) is 0 Å². The van der Waals surface area contributed by atoms with Crippen molar-refractivity contribution in [1.82, 2.24) is 9.80 Å². The number of thiocarbonyl (C=S) groups is 1. The van der Waals surface area contributed by atoms with Gasteiger partial charge in [-0.3, -0.25) is 0 Å². The monoisotopic (exact) mass is 307 g/mol. The van der Waals surface area contributed by atoms with Crippen LogP contribution in [0.4, 0.5) is 0 Å². The molecule has 0 aliphatic carbocycles. The highest BCUT2D eigenvalue weighted by Gasteiger charge is 2.12. The van der Waals surface area contributed by atoms with E-state index in [1.165, 1.54) is 25.9 Å². The normalized spacial score (nSPS) is 15.5. The minimum atomic E-state index is 0.382. The number of nitrogens with zero attached hydrogens (tertiary/aromatic N) is 2. The van der Waals surface area contributed by atoms with E-state index in [1.807, 2.05) is 24.3 Å². The van der Waals surface area contributed by atoms with Crippen LogP contribution in [-0.4, -0.2) is 61.2 Å². The molecule has 1 fully saturated rings. The van der Waals surface area contributed by atoms with Crippen LogP contribution in [0.15, 0.2) is 24.3 Å². The average molecular weight is 307 g/mol. The largest absolute Gasteiger partial charge is 0.492 e. The van der Waals surface area contributed by atoms with Crippen LogP contribution in [0.1, 0.15) is 18.4 Å². The van der Waals surface area contributed by atoms with Crippen molar-refractivity contribution in [3.63, 3.8) is 0 Å². The van der Waals surface area contributed by atoms with E-state index in [-0.39, 0.29) is 0 Å². The molecule has 4 nitrogen and oxygen atoms in total. The first kappa shape index (κ1) is 16.2. The second kappa shape index (κ2) is 8.32. The molecule has 0 aromatic heterocycles. The first-order valence-electron chi connectivity index (χ1n) is 7.59. The highest BCUT2D eigenvalue weighted by Crippen LogP contribution is 2.17. The Morgan fingerprint density at radius 1 is 1.29 bits per heavy atom. The summed E-state index contributed by atoms with van der Waals surface area (Å²) in [5.74, 6) is 0.776. The van der Waals surface area contributed by atoms with E-state index in [0.29, 0.717) is 11.6 Å². The highest BCUT2D eigenvalue weighted by atomic mass is 32.1. The minimum Gasteiger partial charge on any atom is -0.492 e. The number of hydrogen-bond donors (Lipinski definition) is 1. The molecule has 0 spiro atoms. The first-order chi connectivity index (χ1) is 10.2. The van der Waals surface area contributed by atoms with Gasteiger partial charge in [-0.1, -0.05) is 24.4 Å². The Hall–Kier alpha value is -1.17. The molecule has 116 valence electrons. The van der Waals surface area contributed by atoms with Crippen molar-refractivity contribution < 1.29 is 4.74 Å².